The van der Waals surface area contributed by atoms with Crippen LogP contribution in [-0.4, -0.2) is 33.3 Å². The van der Waals surface area contributed by atoms with E-state index in [1.807, 2.05) is 6.92 Å². The zero-order valence-electron chi connectivity index (χ0n) is 14.7. The van der Waals surface area contributed by atoms with Crippen LogP contribution < -0.4 is 4.72 Å². The SMILES string of the molecule is CC[C@@H](C)[C@H](NS(=O)(=O)c1cc(C)ccc1F)c1nnc(S(C)(=O)=O)o1. The van der Waals surface area contributed by atoms with Gasteiger partial charge in [0.1, 0.15) is 16.8 Å². The van der Waals surface area contributed by atoms with E-state index in [2.05, 4.69) is 14.9 Å². The number of halogens is 1. The average molecular weight is 405 g/mol. The Morgan fingerprint density at radius 1 is 1.23 bits per heavy atom. The Labute approximate surface area is 151 Å². The molecule has 0 spiro atoms. The second-order valence-corrected chi connectivity index (χ2v) is 9.67. The molecule has 0 radical (unpaired) electrons. The van der Waals surface area contributed by atoms with Crippen molar-refractivity contribution in [1.82, 2.24) is 14.9 Å². The molecule has 0 aliphatic carbocycles. The standard InChI is InChI=1S/C15H20FN3O5S2/c1-5-10(3)13(14-17-18-15(24-14)25(4,20)21)19-26(22,23)12-8-9(2)6-7-11(12)16/h6-8,10,13,19H,5H2,1-4H3/t10-,13+/m1/s1. The molecular formula is C15H20FN3O5S2. The highest BCUT2D eigenvalue weighted by atomic mass is 32.2. The number of sulfonamides is 1. The highest BCUT2D eigenvalue weighted by Crippen LogP contribution is 2.27. The molecule has 26 heavy (non-hydrogen) atoms. The maximum Gasteiger partial charge on any atom is 0.335 e. The van der Waals surface area contributed by atoms with Crippen LogP contribution in [0.1, 0.15) is 37.8 Å². The van der Waals surface area contributed by atoms with Crippen LogP contribution >= 0.6 is 0 Å². The molecule has 2 aromatic rings. The molecule has 2 rings (SSSR count). The Bertz CT molecular complexity index is 1000. The van der Waals surface area contributed by atoms with Gasteiger partial charge < -0.3 is 4.42 Å². The van der Waals surface area contributed by atoms with Crippen molar-refractivity contribution in [2.75, 3.05) is 6.26 Å². The van der Waals surface area contributed by atoms with E-state index in [9.17, 15) is 21.2 Å². The van der Waals surface area contributed by atoms with E-state index in [1.54, 1.807) is 13.8 Å². The van der Waals surface area contributed by atoms with Gasteiger partial charge in [-0.2, -0.15) is 4.72 Å². The van der Waals surface area contributed by atoms with E-state index in [0.29, 0.717) is 12.0 Å². The summed E-state index contributed by atoms with van der Waals surface area (Å²) in [7, 11) is -7.98. The molecule has 0 aliphatic heterocycles. The van der Waals surface area contributed by atoms with Gasteiger partial charge in [-0.25, -0.2) is 21.2 Å². The van der Waals surface area contributed by atoms with Gasteiger partial charge in [0.15, 0.2) is 0 Å². The van der Waals surface area contributed by atoms with Crippen molar-refractivity contribution in [1.29, 1.82) is 0 Å². The summed E-state index contributed by atoms with van der Waals surface area (Å²) < 4.78 is 69.8. The predicted molar refractivity (Wildman–Crippen MR) is 91.1 cm³/mol. The molecule has 11 heteroatoms. The number of hydrogen-bond acceptors (Lipinski definition) is 7. The van der Waals surface area contributed by atoms with Crippen molar-refractivity contribution in [3.05, 3.63) is 35.5 Å². The zero-order valence-corrected chi connectivity index (χ0v) is 16.4. The van der Waals surface area contributed by atoms with Crippen molar-refractivity contribution in [3.8, 4) is 0 Å². The molecule has 1 N–H and O–H groups in total. The number of rotatable bonds is 7. The third-order valence-corrected chi connectivity index (χ3v) is 6.13. The van der Waals surface area contributed by atoms with Gasteiger partial charge in [0.05, 0.1) is 0 Å². The van der Waals surface area contributed by atoms with E-state index < -0.39 is 41.8 Å². The van der Waals surface area contributed by atoms with Crippen molar-refractivity contribution in [3.63, 3.8) is 0 Å². The van der Waals surface area contributed by atoms with E-state index in [1.165, 1.54) is 12.1 Å². The molecule has 0 aliphatic rings. The van der Waals surface area contributed by atoms with E-state index in [4.69, 9.17) is 4.42 Å². The molecule has 0 saturated heterocycles. The minimum Gasteiger partial charge on any atom is -0.411 e. The second-order valence-electron chi connectivity index (χ2n) is 6.10. The Balaban J connectivity index is 2.45. The fourth-order valence-corrected chi connectivity index (χ4v) is 4.07. The fourth-order valence-electron chi connectivity index (χ4n) is 2.19. The first-order chi connectivity index (χ1) is 12.0. The summed E-state index contributed by atoms with van der Waals surface area (Å²) in [4.78, 5) is -0.506. The molecule has 0 fully saturated rings. The molecule has 0 bridgehead atoms. The summed E-state index contributed by atoms with van der Waals surface area (Å²) in [6.45, 7) is 5.18. The quantitative estimate of drug-likeness (QED) is 0.748. The van der Waals surface area contributed by atoms with Crippen LogP contribution in [0.15, 0.2) is 32.7 Å². The minimum atomic E-state index is -4.24. The molecule has 0 unspecified atom stereocenters. The first-order valence-electron chi connectivity index (χ1n) is 7.77. The van der Waals surface area contributed by atoms with Crippen LogP contribution in [0.3, 0.4) is 0 Å². The lowest BCUT2D eigenvalue weighted by Crippen LogP contribution is -2.33. The fraction of sp³-hybridized carbons (Fsp3) is 0.467. The Morgan fingerprint density at radius 3 is 2.42 bits per heavy atom. The monoisotopic (exact) mass is 405 g/mol. The molecule has 1 aromatic carbocycles. The Morgan fingerprint density at radius 2 is 1.88 bits per heavy atom. The van der Waals surface area contributed by atoms with Crippen molar-refractivity contribution in [2.45, 2.75) is 43.4 Å². The maximum atomic E-state index is 14.0. The van der Waals surface area contributed by atoms with Crippen LogP contribution in [0.2, 0.25) is 0 Å². The van der Waals surface area contributed by atoms with Crippen LogP contribution in [0.25, 0.3) is 0 Å². The summed E-state index contributed by atoms with van der Waals surface area (Å²) in [5.41, 5.74) is 0.573. The molecule has 1 aromatic heterocycles. The van der Waals surface area contributed by atoms with Crippen molar-refractivity contribution < 1.29 is 25.6 Å². The molecule has 0 amide bonds. The van der Waals surface area contributed by atoms with E-state index >= 15 is 0 Å². The smallest absolute Gasteiger partial charge is 0.335 e. The lowest BCUT2D eigenvalue weighted by Gasteiger charge is -2.21. The number of hydrogen-bond donors (Lipinski definition) is 1. The summed E-state index contributed by atoms with van der Waals surface area (Å²) in [6.07, 6.45) is 1.43. The third-order valence-electron chi connectivity index (χ3n) is 3.88. The lowest BCUT2D eigenvalue weighted by molar-refractivity contribution is 0.311. The largest absolute Gasteiger partial charge is 0.411 e. The number of nitrogens with one attached hydrogen (secondary N) is 1. The van der Waals surface area contributed by atoms with Gasteiger partial charge in [-0.3, -0.25) is 0 Å². The summed E-state index contributed by atoms with van der Waals surface area (Å²) >= 11 is 0. The van der Waals surface area contributed by atoms with Crippen LogP contribution in [0.5, 0.6) is 0 Å². The highest BCUT2D eigenvalue weighted by molar-refractivity contribution is 7.90. The topological polar surface area (TPSA) is 119 Å². The van der Waals surface area contributed by atoms with Gasteiger partial charge in [-0.05, 0) is 30.5 Å². The Hall–Kier alpha value is -1.85. The average Bonchev–Trinajstić information content (AvgIpc) is 3.04. The third kappa shape index (κ3) is 4.46. The van der Waals surface area contributed by atoms with Crippen molar-refractivity contribution in [2.24, 2.45) is 5.92 Å². The van der Waals surface area contributed by atoms with E-state index in [0.717, 1.165) is 12.3 Å². The first-order valence-corrected chi connectivity index (χ1v) is 11.1. The molecule has 144 valence electrons. The zero-order chi connectivity index (χ0) is 19.7. The van der Waals surface area contributed by atoms with Crippen LogP contribution in [-0.2, 0) is 19.9 Å². The van der Waals surface area contributed by atoms with Gasteiger partial charge in [0.25, 0.3) is 0 Å². The minimum absolute atomic E-state index is 0.198. The number of benzene rings is 1. The molecule has 0 saturated carbocycles. The van der Waals surface area contributed by atoms with Gasteiger partial charge in [0, 0.05) is 6.26 Å². The van der Waals surface area contributed by atoms with Crippen LogP contribution in [0, 0.1) is 18.7 Å². The molecular weight excluding hydrogens is 385 g/mol. The summed E-state index contributed by atoms with van der Waals surface area (Å²) in [5.74, 6) is -1.41. The summed E-state index contributed by atoms with van der Waals surface area (Å²) in [6, 6.07) is 2.72. The molecule has 2 atom stereocenters. The highest BCUT2D eigenvalue weighted by Gasteiger charge is 2.32. The molecule has 1 heterocycles. The number of nitrogens with zero attached hydrogens (tertiary/aromatic N) is 2. The predicted octanol–water partition coefficient (Wildman–Crippen LogP) is 1.99. The first kappa shape index (κ1) is 20.5. The van der Waals surface area contributed by atoms with Gasteiger partial charge in [-0.1, -0.05) is 31.4 Å². The molecule has 8 nitrogen and oxygen atoms in total. The normalized spacial score (nSPS) is 15.0. The van der Waals surface area contributed by atoms with Gasteiger partial charge in [-0.15, -0.1) is 5.10 Å². The maximum absolute atomic E-state index is 14.0. The van der Waals surface area contributed by atoms with E-state index in [-0.39, 0.29) is 11.8 Å². The number of aromatic nitrogens is 2. The van der Waals surface area contributed by atoms with Gasteiger partial charge >= 0.3 is 5.22 Å². The van der Waals surface area contributed by atoms with Gasteiger partial charge in [0.2, 0.25) is 25.8 Å². The lowest BCUT2D eigenvalue weighted by atomic mass is 10.0. The second kappa shape index (κ2) is 7.41. The number of aryl methyl sites for hydroxylation is 1. The summed E-state index contributed by atoms with van der Waals surface area (Å²) in [5, 5.41) is 6.49. The number of sulfone groups is 1. The van der Waals surface area contributed by atoms with Crippen molar-refractivity contribution >= 4 is 19.9 Å². The Kier molecular flexibility index (Phi) is 5.83. The van der Waals surface area contributed by atoms with Crippen LogP contribution in [0.4, 0.5) is 4.39 Å².